The van der Waals surface area contributed by atoms with Crippen molar-refractivity contribution in [1.82, 2.24) is 9.80 Å². The van der Waals surface area contributed by atoms with Gasteiger partial charge in [-0.25, -0.2) is 4.79 Å². The molecule has 0 radical (unpaired) electrons. The van der Waals surface area contributed by atoms with Gasteiger partial charge in [0.2, 0.25) is 0 Å². The van der Waals surface area contributed by atoms with Gasteiger partial charge in [0.05, 0.1) is 5.57 Å². The molecule has 0 aliphatic carbocycles. The van der Waals surface area contributed by atoms with Crippen molar-refractivity contribution in [1.29, 1.82) is 0 Å². The molecular formula is C8H10N2O3. The zero-order valence-electron chi connectivity index (χ0n) is 7.53. The first-order valence-electron chi connectivity index (χ1n) is 3.83. The molecule has 0 spiro atoms. The van der Waals surface area contributed by atoms with Crippen molar-refractivity contribution in [2.75, 3.05) is 13.6 Å². The van der Waals surface area contributed by atoms with Crippen molar-refractivity contribution in [2.45, 2.75) is 6.92 Å². The van der Waals surface area contributed by atoms with Gasteiger partial charge in [-0.15, -0.1) is 0 Å². The quantitative estimate of drug-likeness (QED) is 0.423. The molecule has 0 atom stereocenters. The highest BCUT2D eigenvalue weighted by molar-refractivity contribution is 6.28. The summed E-state index contributed by atoms with van der Waals surface area (Å²) in [5.74, 6) is -1.23. The van der Waals surface area contributed by atoms with Crippen LogP contribution in [0.4, 0.5) is 4.79 Å². The summed E-state index contributed by atoms with van der Waals surface area (Å²) >= 11 is 0. The number of urea groups is 1. The van der Waals surface area contributed by atoms with Gasteiger partial charge < -0.3 is 0 Å². The number of carbonyl (C=O) groups excluding carboxylic acids is 3. The third kappa shape index (κ3) is 1.22. The maximum absolute atomic E-state index is 11.3. The van der Waals surface area contributed by atoms with Crippen LogP contribution in [0.25, 0.3) is 0 Å². The van der Waals surface area contributed by atoms with Crippen LogP contribution in [0.1, 0.15) is 6.92 Å². The summed E-state index contributed by atoms with van der Waals surface area (Å²) in [6, 6.07) is -0.593. The van der Waals surface area contributed by atoms with Crippen LogP contribution < -0.4 is 0 Å². The molecule has 0 aromatic carbocycles. The zero-order valence-corrected chi connectivity index (χ0v) is 7.53. The van der Waals surface area contributed by atoms with Gasteiger partial charge >= 0.3 is 6.03 Å². The van der Waals surface area contributed by atoms with Crippen molar-refractivity contribution in [3.8, 4) is 0 Å². The summed E-state index contributed by atoms with van der Waals surface area (Å²) in [5, 5.41) is 0. The van der Waals surface area contributed by atoms with E-state index in [0.29, 0.717) is 0 Å². The summed E-state index contributed by atoms with van der Waals surface area (Å²) in [4.78, 5) is 35.6. The highest BCUT2D eigenvalue weighted by atomic mass is 16.2. The Morgan fingerprint density at radius 3 is 2.23 bits per heavy atom. The number of hydrogen-bond acceptors (Lipinski definition) is 3. The van der Waals surface area contributed by atoms with E-state index in [-0.39, 0.29) is 12.1 Å². The Morgan fingerprint density at radius 2 is 1.77 bits per heavy atom. The standard InChI is InChI=1S/C8H10N2O3/c1-4-10-7(12)5(2)6(11)9(3)8(10)13/h2,4H2,1,3H3. The summed E-state index contributed by atoms with van der Waals surface area (Å²) in [7, 11) is 1.32. The minimum absolute atomic E-state index is 0.163. The van der Waals surface area contributed by atoms with Crippen LogP contribution in [0.3, 0.4) is 0 Å². The zero-order chi connectivity index (χ0) is 10.2. The van der Waals surface area contributed by atoms with Crippen LogP contribution in [0.2, 0.25) is 0 Å². The molecule has 4 amide bonds. The van der Waals surface area contributed by atoms with Crippen LogP contribution in [0.5, 0.6) is 0 Å². The van der Waals surface area contributed by atoms with E-state index in [2.05, 4.69) is 6.58 Å². The van der Waals surface area contributed by atoms with E-state index in [1.54, 1.807) is 6.92 Å². The maximum atomic E-state index is 11.3. The van der Waals surface area contributed by atoms with Crippen LogP contribution in [-0.4, -0.2) is 41.2 Å². The third-order valence-electron chi connectivity index (χ3n) is 1.90. The number of amides is 4. The normalized spacial score (nSPS) is 18.6. The average Bonchev–Trinajstić information content (AvgIpc) is 2.13. The topological polar surface area (TPSA) is 57.7 Å². The Kier molecular flexibility index (Phi) is 2.18. The number of nitrogens with zero attached hydrogens (tertiary/aromatic N) is 2. The van der Waals surface area contributed by atoms with E-state index >= 15 is 0 Å². The van der Waals surface area contributed by atoms with Gasteiger partial charge in [-0.05, 0) is 6.92 Å². The molecule has 70 valence electrons. The Morgan fingerprint density at radius 1 is 1.23 bits per heavy atom. The highest BCUT2D eigenvalue weighted by Gasteiger charge is 2.37. The smallest absolute Gasteiger partial charge is 0.268 e. The van der Waals surface area contributed by atoms with E-state index in [4.69, 9.17) is 0 Å². The summed E-state index contributed by atoms with van der Waals surface area (Å²) in [6.07, 6.45) is 0. The Balaban J connectivity index is 3.06. The Hall–Kier alpha value is -1.65. The third-order valence-corrected chi connectivity index (χ3v) is 1.90. The van der Waals surface area contributed by atoms with E-state index in [9.17, 15) is 14.4 Å². The first-order chi connectivity index (χ1) is 6.00. The fraction of sp³-hybridized carbons (Fsp3) is 0.375. The lowest BCUT2D eigenvalue weighted by Gasteiger charge is -2.30. The summed E-state index contributed by atoms with van der Waals surface area (Å²) in [6.45, 7) is 5.23. The van der Waals surface area contributed by atoms with Gasteiger partial charge in [0, 0.05) is 13.6 Å². The Labute approximate surface area is 75.6 Å². The van der Waals surface area contributed by atoms with Crippen LogP contribution in [0, 0.1) is 0 Å². The lowest BCUT2D eigenvalue weighted by atomic mass is 10.2. The van der Waals surface area contributed by atoms with E-state index in [1.165, 1.54) is 7.05 Å². The van der Waals surface area contributed by atoms with Gasteiger partial charge in [-0.2, -0.15) is 0 Å². The monoisotopic (exact) mass is 182 g/mol. The van der Waals surface area contributed by atoms with Gasteiger partial charge in [0.25, 0.3) is 11.8 Å². The van der Waals surface area contributed by atoms with Crippen molar-refractivity contribution in [2.24, 2.45) is 0 Å². The molecule has 5 nitrogen and oxygen atoms in total. The molecule has 0 N–H and O–H groups in total. The second-order valence-corrected chi connectivity index (χ2v) is 2.67. The van der Waals surface area contributed by atoms with Crippen molar-refractivity contribution < 1.29 is 14.4 Å². The first-order valence-corrected chi connectivity index (χ1v) is 3.83. The molecular weight excluding hydrogens is 172 g/mol. The van der Waals surface area contributed by atoms with Crippen molar-refractivity contribution in [3.63, 3.8) is 0 Å². The number of barbiturate groups is 1. The molecule has 0 aromatic rings. The molecule has 5 heteroatoms. The fourth-order valence-electron chi connectivity index (χ4n) is 1.09. The predicted molar refractivity (Wildman–Crippen MR) is 44.7 cm³/mol. The molecule has 1 aliphatic rings. The number of likely N-dealkylation sites (N-methyl/N-ethyl adjacent to an activating group) is 2. The second kappa shape index (κ2) is 3.01. The molecule has 1 fully saturated rings. The Bertz CT molecular complexity index is 309. The second-order valence-electron chi connectivity index (χ2n) is 2.67. The lowest BCUT2D eigenvalue weighted by Crippen LogP contribution is -2.54. The van der Waals surface area contributed by atoms with Crippen LogP contribution in [-0.2, 0) is 9.59 Å². The minimum atomic E-state index is -0.625. The average molecular weight is 182 g/mol. The van der Waals surface area contributed by atoms with Gasteiger partial charge in [0.1, 0.15) is 0 Å². The molecule has 1 heterocycles. The number of carbonyl (C=O) groups is 3. The SMILES string of the molecule is C=C1C(=O)N(C)C(=O)N(CC)C1=O. The molecule has 1 aliphatic heterocycles. The van der Waals surface area contributed by atoms with E-state index in [0.717, 1.165) is 9.80 Å². The lowest BCUT2D eigenvalue weighted by molar-refractivity contribution is -0.134. The van der Waals surface area contributed by atoms with Gasteiger partial charge in [0.15, 0.2) is 0 Å². The summed E-state index contributed by atoms with van der Waals surface area (Å²) < 4.78 is 0. The number of imide groups is 2. The van der Waals surface area contributed by atoms with Crippen molar-refractivity contribution in [3.05, 3.63) is 12.2 Å². The van der Waals surface area contributed by atoms with Crippen molar-refractivity contribution >= 4 is 17.8 Å². The molecule has 1 saturated heterocycles. The van der Waals surface area contributed by atoms with Crippen LogP contribution >= 0.6 is 0 Å². The highest BCUT2D eigenvalue weighted by Crippen LogP contribution is 2.13. The molecule has 0 bridgehead atoms. The minimum Gasteiger partial charge on any atom is -0.268 e. The molecule has 0 aromatic heterocycles. The molecule has 0 unspecified atom stereocenters. The number of rotatable bonds is 1. The van der Waals surface area contributed by atoms with Crippen LogP contribution in [0.15, 0.2) is 12.2 Å². The van der Waals surface area contributed by atoms with E-state index < -0.39 is 17.8 Å². The molecule has 0 saturated carbocycles. The van der Waals surface area contributed by atoms with E-state index in [1.807, 2.05) is 0 Å². The maximum Gasteiger partial charge on any atom is 0.333 e. The fourth-order valence-corrected chi connectivity index (χ4v) is 1.09. The first kappa shape index (κ1) is 9.44. The molecule has 13 heavy (non-hydrogen) atoms. The van der Waals surface area contributed by atoms with Gasteiger partial charge in [-0.3, -0.25) is 19.4 Å². The number of hydrogen-bond donors (Lipinski definition) is 0. The predicted octanol–water partition coefficient (Wildman–Crippen LogP) is -0.0169. The van der Waals surface area contributed by atoms with Gasteiger partial charge in [-0.1, -0.05) is 6.58 Å². The largest absolute Gasteiger partial charge is 0.333 e. The molecule has 1 rings (SSSR count). The summed E-state index contributed by atoms with van der Waals surface area (Å²) in [5.41, 5.74) is -0.163.